The van der Waals surface area contributed by atoms with Crippen LogP contribution in [0.4, 0.5) is 0 Å². The lowest BCUT2D eigenvalue weighted by atomic mass is 9.98. The van der Waals surface area contributed by atoms with E-state index < -0.39 is 0 Å². The predicted molar refractivity (Wildman–Crippen MR) is 62.1 cm³/mol. The van der Waals surface area contributed by atoms with E-state index in [0.717, 1.165) is 19.5 Å². The molecule has 0 aromatic rings. The number of nitrogens with one attached hydrogen (secondary N) is 1. The van der Waals surface area contributed by atoms with Gasteiger partial charge in [0.25, 0.3) is 0 Å². The minimum absolute atomic E-state index is 0.0525. The van der Waals surface area contributed by atoms with Gasteiger partial charge < -0.3 is 14.8 Å². The van der Waals surface area contributed by atoms with Crippen LogP contribution in [-0.2, 0) is 9.47 Å². The largest absolute Gasteiger partial charge is 0.375 e. The van der Waals surface area contributed by atoms with Crippen molar-refractivity contribution < 1.29 is 9.47 Å². The standard InChI is InChI=1S/C12H25NO2/c1-10-9-13-6-5-11(10)14-7-8-15-12(2,3)4/h10-11,13H,5-9H2,1-4H3. The second-order valence-electron chi connectivity index (χ2n) is 5.34. The summed E-state index contributed by atoms with van der Waals surface area (Å²) < 4.78 is 11.4. The minimum atomic E-state index is -0.0525. The highest BCUT2D eigenvalue weighted by molar-refractivity contribution is 4.75. The highest BCUT2D eigenvalue weighted by Gasteiger charge is 2.21. The zero-order chi connectivity index (χ0) is 11.3. The van der Waals surface area contributed by atoms with Crippen LogP contribution in [0.15, 0.2) is 0 Å². The molecule has 0 radical (unpaired) electrons. The van der Waals surface area contributed by atoms with Gasteiger partial charge in [0.15, 0.2) is 0 Å². The van der Waals surface area contributed by atoms with Gasteiger partial charge in [0, 0.05) is 6.54 Å². The van der Waals surface area contributed by atoms with Crippen LogP contribution in [0.2, 0.25) is 0 Å². The quantitative estimate of drug-likeness (QED) is 0.726. The van der Waals surface area contributed by atoms with Crippen molar-refractivity contribution in [1.29, 1.82) is 0 Å². The van der Waals surface area contributed by atoms with E-state index in [2.05, 4.69) is 33.0 Å². The molecule has 3 heteroatoms. The first-order valence-corrected chi connectivity index (χ1v) is 5.95. The topological polar surface area (TPSA) is 30.5 Å². The van der Waals surface area contributed by atoms with Crippen LogP contribution in [0, 0.1) is 5.92 Å². The Morgan fingerprint density at radius 1 is 1.27 bits per heavy atom. The Kier molecular flexibility index (Phi) is 5.03. The van der Waals surface area contributed by atoms with E-state index in [1.165, 1.54) is 0 Å². The predicted octanol–water partition coefficient (Wildman–Crippen LogP) is 1.82. The average molecular weight is 215 g/mol. The molecule has 1 saturated heterocycles. The Morgan fingerprint density at radius 3 is 2.60 bits per heavy atom. The van der Waals surface area contributed by atoms with Crippen molar-refractivity contribution in [2.75, 3.05) is 26.3 Å². The number of rotatable bonds is 4. The van der Waals surface area contributed by atoms with Gasteiger partial charge in [-0.3, -0.25) is 0 Å². The number of hydrogen-bond donors (Lipinski definition) is 1. The van der Waals surface area contributed by atoms with Crippen molar-refractivity contribution in [3.05, 3.63) is 0 Å². The lowest BCUT2D eigenvalue weighted by molar-refractivity contribution is -0.0667. The summed E-state index contributed by atoms with van der Waals surface area (Å²) in [7, 11) is 0. The monoisotopic (exact) mass is 215 g/mol. The fourth-order valence-electron chi connectivity index (χ4n) is 1.78. The minimum Gasteiger partial charge on any atom is -0.375 e. The van der Waals surface area contributed by atoms with E-state index in [9.17, 15) is 0 Å². The lowest BCUT2D eigenvalue weighted by Crippen LogP contribution is -2.40. The Morgan fingerprint density at radius 2 is 2.00 bits per heavy atom. The maximum absolute atomic E-state index is 5.83. The molecule has 2 unspecified atom stereocenters. The van der Waals surface area contributed by atoms with Crippen molar-refractivity contribution in [2.45, 2.75) is 45.8 Å². The van der Waals surface area contributed by atoms with E-state index in [0.29, 0.717) is 25.2 Å². The van der Waals surface area contributed by atoms with Crippen LogP contribution < -0.4 is 5.32 Å². The number of piperidine rings is 1. The van der Waals surface area contributed by atoms with Crippen molar-refractivity contribution in [3.63, 3.8) is 0 Å². The Labute approximate surface area is 93.5 Å². The van der Waals surface area contributed by atoms with Crippen LogP contribution >= 0.6 is 0 Å². The molecule has 0 aliphatic carbocycles. The third kappa shape index (κ3) is 5.50. The second-order valence-corrected chi connectivity index (χ2v) is 5.34. The number of hydrogen-bond acceptors (Lipinski definition) is 3. The van der Waals surface area contributed by atoms with E-state index in [1.54, 1.807) is 0 Å². The van der Waals surface area contributed by atoms with Gasteiger partial charge >= 0.3 is 0 Å². The third-order valence-electron chi connectivity index (χ3n) is 2.66. The molecule has 0 aromatic carbocycles. The highest BCUT2D eigenvalue weighted by atomic mass is 16.5. The fourth-order valence-corrected chi connectivity index (χ4v) is 1.78. The Balaban J connectivity index is 2.08. The molecular weight excluding hydrogens is 190 g/mol. The molecule has 1 aliphatic rings. The summed E-state index contributed by atoms with van der Waals surface area (Å²) in [6.45, 7) is 12.0. The summed E-state index contributed by atoms with van der Waals surface area (Å²) in [5, 5.41) is 3.37. The molecule has 90 valence electrons. The first kappa shape index (κ1) is 12.9. The molecule has 0 bridgehead atoms. The van der Waals surface area contributed by atoms with Gasteiger partial charge in [0.2, 0.25) is 0 Å². The highest BCUT2D eigenvalue weighted by Crippen LogP contribution is 2.14. The second kappa shape index (κ2) is 5.83. The normalized spacial score (nSPS) is 28.0. The van der Waals surface area contributed by atoms with Gasteiger partial charge in [-0.2, -0.15) is 0 Å². The Hall–Kier alpha value is -0.120. The average Bonchev–Trinajstić information content (AvgIpc) is 2.13. The maximum atomic E-state index is 5.83. The summed E-state index contributed by atoms with van der Waals surface area (Å²) in [5.74, 6) is 0.619. The summed E-state index contributed by atoms with van der Waals surface area (Å²) in [5.41, 5.74) is -0.0525. The summed E-state index contributed by atoms with van der Waals surface area (Å²) >= 11 is 0. The SMILES string of the molecule is CC1CNCCC1OCCOC(C)(C)C. The zero-order valence-electron chi connectivity index (χ0n) is 10.5. The van der Waals surface area contributed by atoms with Crippen LogP contribution in [0.5, 0.6) is 0 Å². The molecule has 1 aliphatic heterocycles. The van der Waals surface area contributed by atoms with Crippen molar-refractivity contribution >= 4 is 0 Å². The van der Waals surface area contributed by atoms with Gasteiger partial charge in [-0.15, -0.1) is 0 Å². The van der Waals surface area contributed by atoms with Gasteiger partial charge in [0.05, 0.1) is 24.9 Å². The Bertz CT molecular complexity index is 177. The van der Waals surface area contributed by atoms with Crippen LogP contribution in [0.3, 0.4) is 0 Å². The van der Waals surface area contributed by atoms with Crippen molar-refractivity contribution in [1.82, 2.24) is 5.32 Å². The molecule has 3 nitrogen and oxygen atoms in total. The van der Waals surface area contributed by atoms with Crippen molar-refractivity contribution in [3.8, 4) is 0 Å². The molecule has 0 spiro atoms. The molecule has 0 amide bonds. The van der Waals surface area contributed by atoms with Crippen LogP contribution in [0.1, 0.15) is 34.1 Å². The molecule has 1 fully saturated rings. The molecule has 0 saturated carbocycles. The van der Waals surface area contributed by atoms with Gasteiger partial charge in [-0.05, 0) is 39.7 Å². The van der Waals surface area contributed by atoms with E-state index in [-0.39, 0.29) is 5.60 Å². The molecular formula is C12H25NO2. The fraction of sp³-hybridized carbons (Fsp3) is 1.00. The molecule has 1 N–H and O–H groups in total. The van der Waals surface area contributed by atoms with E-state index in [4.69, 9.17) is 9.47 Å². The van der Waals surface area contributed by atoms with Crippen LogP contribution in [-0.4, -0.2) is 38.0 Å². The third-order valence-corrected chi connectivity index (χ3v) is 2.66. The summed E-state index contributed by atoms with van der Waals surface area (Å²) in [6.07, 6.45) is 1.53. The number of ether oxygens (including phenoxy) is 2. The molecule has 1 rings (SSSR count). The summed E-state index contributed by atoms with van der Waals surface area (Å²) in [6, 6.07) is 0. The van der Waals surface area contributed by atoms with Gasteiger partial charge in [-0.1, -0.05) is 6.92 Å². The van der Waals surface area contributed by atoms with Gasteiger partial charge in [-0.25, -0.2) is 0 Å². The van der Waals surface area contributed by atoms with E-state index in [1.807, 2.05) is 0 Å². The summed E-state index contributed by atoms with van der Waals surface area (Å²) in [4.78, 5) is 0. The van der Waals surface area contributed by atoms with Gasteiger partial charge in [0.1, 0.15) is 0 Å². The zero-order valence-corrected chi connectivity index (χ0v) is 10.5. The maximum Gasteiger partial charge on any atom is 0.0707 e. The molecule has 1 heterocycles. The first-order chi connectivity index (χ1) is 6.99. The first-order valence-electron chi connectivity index (χ1n) is 5.95. The molecule has 0 aromatic heterocycles. The lowest BCUT2D eigenvalue weighted by Gasteiger charge is -2.30. The van der Waals surface area contributed by atoms with E-state index >= 15 is 0 Å². The molecule has 2 atom stereocenters. The smallest absolute Gasteiger partial charge is 0.0707 e. The van der Waals surface area contributed by atoms with Crippen molar-refractivity contribution in [2.24, 2.45) is 5.92 Å². The molecule has 15 heavy (non-hydrogen) atoms. The van der Waals surface area contributed by atoms with Crippen LogP contribution in [0.25, 0.3) is 0 Å².